The molecule has 0 radical (unpaired) electrons. The van der Waals surface area contributed by atoms with Crippen LogP contribution in [0, 0.1) is 0 Å². The number of fused-ring (bicyclic) bond motifs is 1. The van der Waals surface area contributed by atoms with Crippen molar-refractivity contribution in [2.24, 2.45) is 0 Å². The van der Waals surface area contributed by atoms with E-state index >= 15 is 0 Å². The van der Waals surface area contributed by atoms with Crippen molar-refractivity contribution in [2.45, 2.75) is 38.5 Å². The lowest BCUT2D eigenvalue weighted by atomic mass is 10.0. The lowest BCUT2D eigenvalue weighted by Crippen LogP contribution is -2.37. The highest BCUT2D eigenvalue weighted by Gasteiger charge is 2.31. The molecule has 2 aliphatic rings. The minimum atomic E-state index is -2.83. The zero-order valence-electron chi connectivity index (χ0n) is 19.5. The summed E-state index contributed by atoms with van der Waals surface area (Å²) < 4.78 is 38.2. The van der Waals surface area contributed by atoms with Crippen molar-refractivity contribution in [3.8, 4) is 11.5 Å². The number of hydrogen-bond donors (Lipinski definition) is 2. The van der Waals surface area contributed by atoms with Crippen LogP contribution in [0.2, 0.25) is 0 Å². The summed E-state index contributed by atoms with van der Waals surface area (Å²) in [6, 6.07) is 11.3. The molecule has 1 aromatic heterocycles. The first-order valence-electron chi connectivity index (χ1n) is 11.8. The SMILES string of the molecule is O=C(c1c(O)cc(C(F)F)cc1OCc1ccccc1)N1CCc2ncnc(NC3CCOC3)c2C1. The van der Waals surface area contributed by atoms with Crippen LogP contribution in [0.4, 0.5) is 14.6 Å². The number of phenols is 1. The zero-order valence-corrected chi connectivity index (χ0v) is 19.5. The summed E-state index contributed by atoms with van der Waals surface area (Å²) >= 11 is 0. The van der Waals surface area contributed by atoms with Gasteiger partial charge in [-0.05, 0) is 24.1 Å². The predicted molar refractivity (Wildman–Crippen MR) is 127 cm³/mol. The van der Waals surface area contributed by atoms with Crippen LogP contribution in [0.5, 0.6) is 11.5 Å². The van der Waals surface area contributed by atoms with Gasteiger partial charge in [0, 0.05) is 30.7 Å². The van der Waals surface area contributed by atoms with E-state index in [-0.39, 0.29) is 30.5 Å². The first-order chi connectivity index (χ1) is 17.5. The summed E-state index contributed by atoms with van der Waals surface area (Å²) in [5.41, 5.74) is 1.87. The van der Waals surface area contributed by atoms with Crippen LogP contribution in [0.1, 0.15) is 45.6 Å². The number of rotatable bonds is 7. The van der Waals surface area contributed by atoms with Crippen molar-refractivity contribution >= 4 is 11.7 Å². The highest BCUT2D eigenvalue weighted by Crippen LogP contribution is 2.36. The predicted octanol–water partition coefficient (Wildman–Crippen LogP) is 4.10. The standard InChI is InChI=1S/C26H26F2N4O4/c27-24(28)17-10-21(33)23(22(11-17)36-13-16-4-2-1-3-5-16)26(34)32-8-6-20-19(12-32)25(30-15-29-20)31-18-7-9-35-14-18/h1-5,10-11,15,18,24,33H,6-9,12-14H2,(H,29,30,31). The van der Waals surface area contributed by atoms with Crippen molar-refractivity contribution in [2.75, 3.05) is 25.1 Å². The monoisotopic (exact) mass is 496 g/mol. The molecular formula is C26H26F2N4O4. The Balaban J connectivity index is 1.42. The average Bonchev–Trinajstić information content (AvgIpc) is 3.40. The van der Waals surface area contributed by atoms with Crippen LogP contribution in [0.3, 0.4) is 0 Å². The summed E-state index contributed by atoms with van der Waals surface area (Å²) in [5, 5.41) is 14.0. The van der Waals surface area contributed by atoms with Gasteiger partial charge in [0.05, 0.1) is 24.9 Å². The van der Waals surface area contributed by atoms with Gasteiger partial charge in [-0.3, -0.25) is 4.79 Å². The third-order valence-electron chi connectivity index (χ3n) is 6.37. The number of ether oxygens (including phenoxy) is 2. The first kappa shape index (κ1) is 23.9. The summed E-state index contributed by atoms with van der Waals surface area (Å²) in [5.74, 6) is -0.500. The highest BCUT2D eigenvalue weighted by atomic mass is 19.3. The van der Waals surface area contributed by atoms with Gasteiger partial charge >= 0.3 is 0 Å². The second kappa shape index (κ2) is 10.4. The van der Waals surface area contributed by atoms with Gasteiger partial charge in [-0.25, -0.2) is 18.7 Å². The van der Waals surface area contributed by atoms with E-state index in [0.29, 0.717) is 32.0 Å². The van der Waals surface area contributed by atoms with E-state index in [1.165, 1.54) is 6.33 Å². The topological polar surface area (TPSA) is 96.8 Å². The van der Waals surface area contributed by atoms with Crippen LogP contribution in [-0.2, 0) is 24.3 Å². The number of hydrogen-bond acceptors (Lipinski definition) is 7. The molecule has 1 fully saturated rings. The van der Waals surface area contributed by atoms with Gasteiger partial charge in [0.2, 0.25) is 0 Å². The van der Waals surface area contributed by atoms with Gasteiger partial charge in [-0.15, -0.1) is 0 Å². The minimum absolute atomic E-state index is 0.0570. The summed E-state index contributed by atoms with van der Waals surface area (Å²) in [6.07, 6.45) is 0.0220. The van der Waals surface area contributed by atoms with Gasteiger partial charge in [-0.2, -0.15) is 0 Å². The Hall–Kier alpha value is -3.79. The molecule has 0 bridgehead atoms. The zero-order chi connectivity index (χ0) is 25.1. The van der Waals surface area contributed by atoms with Gasteiger partial charge in [0.15, 0.2) is 0 Å². The number of nitrogens with one attached hydrogen (secondary N) is 1. The Kier molecular flexibility index (Phi) is 6.95. The van der Waals surface area contributed by atoms with Crippen LogP contribution in [0.15, 0.2) is 48.8 Å². The maximum atomic E-state index is 13.6. The minimum Gasteiger partial charge on any atom is -0.507 e. The highest BCUT2D eigenvalue weighted by molar-refractivity contribution is 6.00. The van der Waals surface area contributed by atoms with Crippen molar-refractivity contribution in [3.63, 3.8) is 0 Å². The van der Waals surface area contributed by atoms with E-state index in [9.17, 15) is 18.7 Å². The quantitative estimate of drug-likeness (QED) is 0.508. The molecule has 2 aliphatic heterocycles. The largest absolute Gasteiger partial charge is 0.507 e. The van der Waals surface area contributed by atoms with E-state index in [2.05, 4.69) is 15.3 Å². The maximum Gasteiger partial charge on any atom is 0.264 e. The lowest BCUT2D eigenvalue weighted by Gasteiger charge is -2.30. The van der Waals surface area contributed by atoms with Crippen molar-refractivity contribution < 1.29 is 28.2 Å². The summed E-state index contributed by atoms with van der Waals surface area (Å²) in [4.78, 5) is 23.9. The normalized spacial score (nSPS) is 17.2. The van der Waals surface area contributed by atoms with Crippen LogP contribution >= 0.6 is 0 Å². The smallest absolute Gasteiger partial charge is 0.264 e. The van der Waals surface area contributed by atoms with Gasteiger partial charge in [0.1, 0.15) is 35.8 Å². The summed E-state index contributed by atoms with van der Waals surface area (Å²) in [6.45, 7) is 1.87. The molecule has 2 N–H and O–H groups in total. The van der Waals surface area contributed by atoms with E-state index < -0.39 is 23.6 Å². The molecule has 1 unspecified atom stereocenters. The van der Waals surface area contributed by atoms with Gasteiger partial charge in [-0.1, -0.05) is 30.3 Å². The third kappa shape index (κ3) is 5.08. The second-order valence-electron chi connectivity index (χ2n) is 8.82. The van der Waals surface area contributed by atoms with E-state index in [4.69, 9.17) is 9.47 Å². The molecule has 1 atom stereocenters. The molecule has 3 aromatic rings. The van der Waals surface area contributed by atoms with Crippen LogP contribution in [-0.4, -0.2) is 51.7 Å². The fourth-order valence-corrected chi connectivity index (χ4v) is 4.45. The molecule has 188 valence electrons. The molecule has 2 aromatic carbocycles. The van der Waals surface area contributed by atoms with E-state index in [1.54, 1.807) is 4.90 Å². The number of nitrogens with zero attached hydrogens (tertiary/aromatic N) is 3. The van der Waals surface area contributed by atoms with Crippen LogP contribution in [0.25, 0.3) is 0 Å². The number of alkyl halides is 2. The Morgan fingerprint density at radius 2 is 2.08 bits per heavy atom. The molecule has 0 spiro atoms. The first-order valence-corrected chi connectivity index (χ1v) is 11.8. The molecule has 10 heteroatoms. The number of halogens is 2. The van der Waals surface area contributed by atoms with Crippen molar-refractivity contribution in [1.82, 2.24) is 14.9 Å². The molecule has 1 amide bonds. The number of amides is 1. The number of anilines is 1. The number of carbonyl (C=O) groups is 1. The molecule has 5 rings (SSSR count). The molecule has 0 aliphatic carbocycles. The lowest BCUT2D eigenvalue weighted by molar-refractivity contribution is 0.0724. The maximum absolute atomic E-state index is 13.6. The molecule has 8 nitrogen and oxygen atoms in total. The molecule has 36 heavy (non-hydrogen) atoms. The van der Waals surface area contributed by atoms with E-state index in [0.717, 1.165) is 35.4 Å². The third-order valence-corrected chi connectivity index (χ3v) is 6.37. The van der Waals surface area contributed by atoms with Crippen molar-refractivity contribution in [3.05, 3.63) is 76.7 Å². The number of benzene rings is 2. The Morgan fingerprint density at radius 3 is 2.83 bits per heavy atom. The number of aromatic nitrogens is 2. The number of aromatic hydroxyl groups is 1. The second-order valence-corrected chi connectivity index (χ2v) is 8.82. The van der Waals surface area contributed by atoms with Gasteiger partial charge in [0.25, 0.3) is 12.3 Å². The Labute approximate surface area is 206 Å². The molecular weight excluding hydrogens is 470 g/mol. The average molecular weight is 497 g/mol. The fourth-order valence-electron chi connectivity index (χ4n) is 4.45. The van der Waals surface area contributed by atoms with Crippen LogP contribution < -0.4 is 10.1 Å². The Morgan fingerprint density at radius 1 is 1.25 bits per heavy atom. The number of phenolic OH excluding ortho intramolecular Hbond substituents is 1. The molecule has 1 saturated heterocycles. The fraction of sp³-hybridized carbons (Fsp3) is 0.346. The van der Waals surface area contributed by atoms with E-state index in [1.807, 2.05) is 30.3 Å². The molecule has 0 saturated carbocycles. The van der Waals surface area contributed by atoms with Gasteiger partial charge < -0.3 is 24.8 Å². The summed E-state index contributed by atoms with van der Waals surface area (Å²) in [7, 11) is 0. The number of carbonyl (C=O) groups excluding carboxylic acids is 1. The Bertz CT molecular complexity index is 1240. The molecule has 3 heterocycles. The van der Waals surface area contributed by atoms with Crippen molar-refractivity contribution in [1.29, 1.82) is 0 Å².